The molecule has 0 radical (unpaired) electrons. The molecule has 0 aromatic rings. The summed E-state index contributed by atoms with van der Waals surface area (Å²) in [7, 11) is 0. The van der Waals surface area contributed by atoms with E-state index in [2.05, 4.69) is 46.8 Å². The number of ether oxygens (including phenoxy) is 4. The van der Waals surface area contributed by atoms with Crippen molar-refractivity contribution in [3.8, 4) is 0 Å². The summed E-state index contributed by atoms with van der Waals surface area (Å²) in [5.41, 5.74) is -1.62. The number of carboxylic acid groups (broad SMARTS) is 1. The number of aliphatic carboxylic acids is 1. The first kappa shape index (κ1) is 43.1. The number of carbonyl (C=O) groups excluding carboxylic acids is 1. The van der Waals surface area contributed by atoms with Gasteiger partial charge in [-0.2, -0.15) is 0 Å². The number of esters is 1. The second kappa shape index (κ2) is 14.6. The molecule has 5 aliphatic carbocycles. The van der Waals surface area contributed by atoms with Crippen molar-refractivity contribution in [3.63, 3.8) is 0 Å². The first-order chi connectivity index (χ1) is 26.6. The summed E-state index contributed by atoms with van der Waals surface area (Å²) in [6.07, 6.45) is -6.73. The zero-order valence-electron chi connectivity index (χ0n) is 33.9. The van der Waals surface area contributed by atoms with Crippen LogP contribution in [0.5, 0.6) is 0 Å². The Labute approximate surface area is 333 Å². The molecule has 4 saturated carbocycles. The largest absolute Gasteiger partial charge is 0.481 e. The number of aliphatic hydroxyl groups excluding tert-OH is 8. The molecule has 6 fully saturated rings. The lowest BCUT2D eigenvalue weighted by Gasteiger charge is -2.68. The Bertz CT molecular complexity index is 1640. The molecule has 15 nitrogen and oxygen atoms in total. The van der Waals surface area contributed by atoms with Crippen LogP contribution in [0.2, 0.25) is 0 Å². The molecule has 0 unspecified atom stereocenters. The predicted molar refractivity (Wildman–Crippen MR) is 199 cm³/mol. The van der Waals surface area contributed by atoms with Crippen molar-refractivity contribution in [2.24, 2.45) is 44.3 Å². The van der Waals surface area contributed by atoms with Gasteiger partial charge in [-0.3, -0.25) is 9.59 Å². The Morgan fingerprint density at radius 1 is 0.702 bits per heavy atom. The molecular weight excluding hydrogens is 744 g/mol. The number of allylic oxidation sites excluding steroid dienone is 4. The monoisotopic (exact) mass is 808 g/mol. The Morgan fingerprint density at radius 2 is 1.28 bits per heavy atom. The second-order valence-corrected chi connectivity index (χ2v) is 20.0. The molecular formula is C42H64O15. The van der Waals surface area contributed by atoms with Crippen LogP contribution in [0.4, 0.5) is 0 Å². The van der Waals surface area contributed by atoms with E-state index in [4.69, 9.17) is 18.9 Å². The fraction of sp³-hybridized carbons (Fsp3) is 0.857. The molecule has 57 heavy (non-hydrogen) atoms. The normalized spacial score (nSPS) is 51.9. The van der Waals surface area contributed by atoms with E-state index >= 15 is 0 Å². The van der Waals surface area contributed by atoms with E-state index in [0.717, 1.165) is 17.6 Å². The average Bonchev–Trinajstić information content (AvgIpc) is 3.16. The van der Waals surface area contributed by atoms with Crippen molar-refractivity contribution >= 4 is 11.9 Å². The number of rotatable bonds is 7. The molecule has 0 aromatic heterocycles. The van der Waals surface area contributed by atoms with E-state index in [-0.39, 0.29) is 11.3 Å². The maximum absolute atomic E-state index is 14.5. The third-order valence-electron chi connectivity index (χ3n) is 16.7. The Balaban J connectivity index is 1.22. The zero-order valence-corrected chi connectivity index (χ0v) is 33.9. The summed E-state index contributed by atoms with van der Waals surface area (Å²) in [5, 5.41) is 93.6. The zero-order chi connectivity index (χ0) is 41.8. The van der Waals surface area contributed by atoms with Crippen LogP contribution in [-0.2, 0) is 28.5 Å². The van der Waals surface area contributed by atoms with Gasteiger partial charge in [-0.15, -0.1) is 0 Å². The minimum atomic E-state index is -1.71. The van der Waals surface area contributed by atoms with Crippen LogP contribution in [0.25, 0.3) is 0 Å². The summed E-state index contributed by atoms with van der Waals surface area (Å²) in [5.74, 6) is -2.22. The van der Waals surface area contributed by atoms with Gasteiger partial charge in [-0.05, 0) is 98.2 Å². The Kier molecular flexibility index (Phi) is 11.0. The Hall–Kier alpha value is -2.02. The lowest BCUT2D eigenvalue weighted by Crippen LogP contribution is -2.65. The van der Waals surface area contributed by atoms with Crippen LogP contribution in [0, 0.1) is 44.3 Å². The van der Waals surface area contributed by atoms with Crippen molar-refractivity contribution in [1.82, 2.24) is 0 Å². The first-order valence-corrected chi connectivity index (χ1v) is 20.7. The molecule has 0 spiro atoms. The molecule has 7 aliphatic rings. The molecule has 2 heterocycles. The van der Waals surface area contributed by atoms with Crippen molar-refractivity contribution in [2.75, 3.05) is 13.2 Å². The van der Waals surface area contributed by atoms with Crippen molar-refractivity contribution < 1.29 is 74.5 Å². The smallest absolute Gasteiger partial charge is 0.315 e. The van der Waals surface area contributed by atoms with Gasteiger partial charge in [0.25, 0.3) is 0 Å². The molecule has 0 bridgehead atoms. The van der Waals surface area contributed by atoms with Crippen molar-refractivity contribution in [1.29, 1.82) is 0 Å². The number of carbonyl (C=O) groups is 2. The van der Waals surface area contributed by atoms with Crippen molar-refractivity contribution in [3.05, 3.63) is 23.3 Å². The van der Waals surface area contributed by atoms with Crippen LogP contribution in [0.1, 0.15) is 99.3 Å². The summed E-state index contributed by atoms with van der Waals surface area (Å²) in [6.45, 7) is 11.5. The molecule has 0 aromatic carbocycles. The van der Waals surface area contributed by atoms with Gasteiger partial charge < -0.3 is 64.9 Å². The highest BCUT2D eigenvalue weighted by Gasteiger charge is 2.70. The molecule has 2 saturated heterocycles. The molecule has 7 rings (SSSR count). The third kappa shape index (κ3) is 6.23. The number of hydrogen-bond donors (Lipinski definition) is 9. The number of aliphatic hydroxyl groups is 8. The standard InChI is InChI=1S/C42H64O15/c1-37(2)13-15-42(36(53)57-34-32(50)30(48)28(46)23(19-44)55-34)16-14-39(4)20(21(42)17-37)7-8-24-38(3)11-10-26(41(6,35(51)52)25(38)9-12-40(24,39)5)56-33-31(49)29(47)27(45)22(18-43)54-33/h7-8,21-23,25-34,43-50H,9-19H2,1-6H3,(H,51,52)/t21-,22+,23+,25+,26-,27+,28+,29-,30-,31+,32+,33-,34-,38+,39+,40+,41-,42-/m0/s1. The van der Waals surface area contributed by atoms with Gasteiger partial charge in [0.15, 0.2) is 6.29 Å². The van der Waals surface area contributed by atoms with Gasteiger partial charge in [0.2, 0.25) is 6.29 Å². The van der Waals surface area contributed by atoms with E-state index in [0.29, 0.717) is 51.4 Å². The molecule has 15 heteroatoms. The SMILES string of the molecule is CC1(C)CC[C@]2(C(=O)O[C@@H]3O[C@H](CO)[C@@H](O)[C@H](O)[C@H]3O)CC[C@]3(C)C(=CC=C4[C@@]5(C)CC[C@H](O[C@@H]6O[C@H](CO)[C@@H](O)[C@H](O)[C@H]6O)[C@@](C)(C(=O)O)[C@@H]5CC[C@]43C)[C@@H]2C1. The van der Waals surface area contributed by atoms with Gasteiger partial charge in [0.1, 0.15) is 48.8 Å². The van der Waals surface area contributed by atoms with Crippen LogP contribution < -0.4 is 0 Å². The maximum Gasteiger partial charge on any atom is 0.315 e. The molecule has 2 aliphatic heterocycles. The second-order valence-electron chi connectivity index (χ2n) is 20.0. The molecule has 9 N–H and O–H groups in total. The van der Waals surface area contributed by atoms with E-state index in [9.17, 15) is 55.5 Å². The van der Waals surface area contributed by atoms with Crippen molar-refractivity contribution in [2.45, 2.75) is 167 Å². The minimum Gasteiger partial charge on any atom is -0.481 e. The molecule has 322 valence electrons. The van der Waals surface area contributed by atoms with Crippen LogP contribution in [-0.4, -0.2) is 139 Å². The lowest BCUT2D eigenvalue weighted by atomic mass is 9.36. The quantitative estimate of drug-likeness (QED) is 0.130. The van der Waals surface area contributed by atoms with Gasteiger partial charge in [0.05, 0.1) is 30.1 Å². The number of carboxylic acids is 1. The fourth-order valence-electron chi connectivity index (χ4n) is 12.8. The van der Waals surface area contributed by atoms with E-state index < -0.39 is 126 Å². The third-order valence-corrected chi connectivity index (χ3v) is 16.7. The highest BCUT2D eigenvalue weighted by atomic mass is 16.7. The van der Waals surface area contributed by atoms with E-state index in [1.807, 2.05) is 0 Å². The predicted octanol–water partition coefficient (Wildman–Crippen LogP) is 1.30. The fourth-order valence-corrected chi connectivity index (χ4v) is 12.8. The maximum atomic E-state index is 14.5. The van der Waals surface area contributed by atoms with Crippen LogP contribution >= 0.6 is 0 Å². The summed E-state index contributed by atoms with van der Waals surface area (Å²) >= 11 is 0. The highest BCUT2D eigenvalue weighted by molar-refractivity contribution is 5.79. The number of hydrogen-bond acceptors (Lipinski definition) is 14. The number of fused-ring (bicyclic) bond motifs is 7. The van der Waals surface area contributed by atoms with E-state index in [1.54, 1.807) is 6.92 Å². The van der Waals surface area contributed by atoms with Gasteiger partial charge in [-0.1, -0.05) is 57.9 Å². The average molecular weight is 809 g/mol. The summed E-state index contributed by atoms with van der Waals surface area (Å²) in [6, 6.07) is 0. The minimum absolute atomic E-state index is 0.103. The lowest BCUT2D eigenvalue weighted by molar-refractivity contribution is -0.326. The molecule has 18 atom stereocenters. The molecule has 0 amide bonds. The summed E-state index contributed by atoms with van der Waals surface area (Å²) < 4.78 is 23.5. The topological polar surface area (TPSA) is 253 Å². The van der Waals surface area contributed by atoms with Gasteiger partial charge >= 0.3 is 11.9 Å². The van der Waals surface area contributed by atoms with E-state index in [1.165, 1.54) is 0 Å². The van der Waals surface area contributed by atoms with Gasteiger partial charge in [0, 0.05) is 0 Å². The van der Waals surface area contributed by atoms with Crippen LogP contribution in [0.3, 0.4) is 0 Å². The first-order valence-electron chi connectivity index (χ1n) is 20.7. The van der Waals surface area contributed by atoms with Crippen LogP contribution in [0.15, 0.2) is 23.3 Å². The van der Waals surface area contributed by atoms with Gasteiger partial charge in [-0.25, -0.2) is 0 Å². The highest BCUT2D eigenvalue weighted by Crippen LogP contribution is 2.75. The Morgan fingerprint density at radius 3 is 1.88 bits per heavy atom. The summed E-state index contributed by atoms with van der Waals surface area (Å²) in [4.78, 5) is 28.0.